The van der Waals surface area contributed by atoms with E-state index in [2.05, 4.69) is 15.1 Å². The molecule has 4 heterocycles. The van der Waals surface area contributed by atoms with Crippen LogP contribution in [0.15, 0.2) is 29.6 Å². The molecule has 0 saturated carbocycles. The van der Waals surface area contributed by atoms with Crippen molar-refractivity contribution >= 4 is 16.7 Å². The van der Waals surface area contributed by atoms with Crippen molar-refractivity contribution in [3.05, 3.63) is 35.1 Å². The van der Waals surface area contributed by atoms with E-state index in [-0.39, 0.29) is 11.7 Å². The van der Waals surface area contributed by atoms with Crippen molar-refractivity contribution in [2.45, 2.75) is 25.5 Å². The molecule has 1 aliphatic rings. The third kappa shape index (κ3) is 1.70. The van der Waals surface area contributed by atoms with Crippen LogP contribution in [0, 0.1) is 0 Å². The van der Waals surface area contributed by atoms with Gasteiger partial charge in [0.1, 0.15) is 6.33 Å². The van der Waals surface area contributed by atoms with Crippen molar-refractivity contribution < 1.29 is 4.74 Å². The Hall–Kier alpha value is -2.28. The standard InChI is InChI=1S/C13H13N5O2/c19-12-10-6-14-13-15-8-16-18(13)11(10)3-4-17(12)7-9-2-1-5-20-9/h3-4,6,8-9H,1-2,5,7H2/t9-/m0/s1. The summed E-state index contributed by atoms with van der Waals surface area (Å²) in [6.07, 6.45) is 6.98. The van der Waals surface area contributed by atoms with Gasteiger partial charge in [-0.15, -0.1) is 0 Å². The van der Waals surface area contributed by atoms with Crippen LogP contribution < -0.4 is 5.56 Å². The van der Waals surface area contributed by atoms with Crippen LogP contribution in [0.25, 0.3) is 16.7 Å². The van der Waals surface area contributed by atoms with Gasteiger partial charge < -0.3 is 9.30 Å². The van der Waals surface area contributed by atoms with Crippen molar-refractivity contribution in [3.8, 4) is 0 Å². The number of hydrogen-bond donors (Lipinski definition) is 0. The zero-order valence-corrected chi connectivity index (χ0v) is 10.8. The molecule has 7 heteroatoms. The molecule has 3 aromatic rings. The fourth-order valence-electron chi connectivity index (χ4n) is 2.66. The predicted molar refractivity (Wildman–Crippen MR) is 71.5 cm³/mol. The molecule has 4 rings (SSSR count). The summed E-state index contributed by atoms with van der Waals surface area (Å²) in [5.41, 5.74) is 0.656. The largest absolute Gasteiger partial charge is 0.376 e. The first-order valence-electron chi connectivity index (χ1n) is 6.62. The summed E-state index contributed by atoms with van der Waals surface area (Å²) in [5, 5.41) is 4.64. The second-order valence-corrected chi connectivity index (χ2v) is 4.94. The fourth-order valence-corrected chi connectivity index (χ4v) is 2.66. The minimum Gasteiger partial charge on any atom is -0.376 e. The zero-order valence-electron chi connectivity index (χ0n) is 10.8. The molecule has 0 radical (unpaired) electrons. The molecule has 1 saturated heterocycles. The number of pyridine rings is 1. The number of nitrogens with zero attached hydrogens (tertiary/aromatic N) is 5. The SMILES string of the molecule is O=c1c2cnc3ncnn3c2ccn1C[C@@H]1CCCO1. The van der Waals surface area contributed by atoms with E-state index in [4.69, 9.17) is 4.74 Å². The second-order valence-electron chi connectivity index (χ2n) is 4.94. The molecule has 102 valence electrons. The van der Waals surface area contributed by atoms with Crippen molar-refractivity contribution in [3.63, 3.8) is 0 Å². The van der Waals surface area contributed by atoms with E-state index in [1.165, 1.54) is 6.33 Å². The molecule has 0 amide bonds. The van der Waals surface area contributed by atoms with Crippen LogP contribution in [0.4, 0.5) is 0 Å². The normalized spacial score (nSPS) is 19.1. The highest BCUT2D eigenvalue weighted by Crippen LogP contribution is 2.14. The fraction of sp³-hybridized carbons (Fsp3) is 0.385. The van der Waals surface area contributed by atoms with E-state index in [1.54, 1.807) is 21.5 Å². The first-order valence-corrected chi connectivity index (χ1v) is 6.62. The smallest absolute Gasteiger partial charge is 0.261 e. The van der Waals surface area contributed by atoms with Gasteiger partial charge in [0.25, 0.3) is 11.3 Å². The van der Waals surface area contributed by atoms with Gasteiger partial charge in [0.15, 0.2) is 0 Å². The average Bonchev–Trinajstić information content (AvgIpc) is 3.12. The van der Waals surface area contributed by atoms with E-state index in [1.807, 2.05) is 6.07 Å². The summed E-state index contributed by atoms with van der Waals surface area (Å²) in [5.74, 6) is 0.494. The van der Waals surface area contributed by atoms with E-state index in [0.717, 1.165) is 25.0 Å². The van der Waals surface area contributed by atoms with Crippen LogP contribution in [0.5, 0.6) is 0 Å². The highest BCUT2D eigenvalue weighted by molar-refractivity contribution is 5.78. The van der Waals surface area contributed by atoms with Crippen molar-refractivity contribution in [1.82, 2.24) is 24.1 Å². The van der Waals surface area contributed by atoms with Crippen LogP contribution in [0.3, 0.4) is 0 Å². The van der Waals surface area contributed by atoms with Crippen molar-refractivity contribution in [1.29, 1.82) is 0 Å². The van der Waals surface area contributed by atoms with Gasteiger partial charge >= 0.3 is 0 Å². The summed E-state index contributed by atoms with van der Waals surface area (Å²) >= 11 is 0. The average molecular weight is 271 g/mol. The second kappa shape index (κ2) is 4.38. The molecule has 7 nitrogen and oxygen atoms in total. The first-order chi connectivity index (χ1) is 9.83. The maximum absolute atomic E-state index is 12.5. The van der Waals surface area contributed by atoms with Gasteiger partial charge in [-0.1, -0.05) is 0 Å². The Morgan fingerprint density at radius 2 is 2.35 bits per heavy atom. The molecular formula is C13H13N5O2. The van der Waals surface area contributed by atoms with Gasteiger partial charge in [0.2, 0.25) is 0 Å². The Bertz CT molecular complexity index is 832. The summed E-state index contributed by atoms with van der Waals surface area (Å²) in [4.78, 5) is 20.7. The quantitative estimate of drug-likeness (QED) is 0.683. The van der Waals surface area contributed by atoms with Crippen molar-refractivity contribution in [2.24, 2.45) is 0 Å². The Morgan fingerprint density at radius 3 is 3.20 bits per heavy atom. The van der Waals surface area contributed by atoms with Gasteiger partial charge in [0, 0.05) is 19.0 Å². The van der Waals surface area contributed by atoms with Gasteiger partial charge in [-0.2, -0.15) is 14.6 Å². The highest BCUT2D eigenvalue weighted by Gasteiger charge is 2.17. The molecule has 0 bridgehead atoms. The lowest BCUT2D eigenvalue weighted by Gasteiger charge is -2.12. The van der Waals surface area contributed by atoms with Gasteiger partial charge in [0.05, 0.1) is 23.6 Å². The molecule has 0 aliphatic carbocycles. The number of hydrogen-bond acceptors (Lipinski definition) is 5. The molecule has 0 N–H and O–H groups in total. The summed E-state index contributed by atoms with van der Waals surface area (Å²) in [7, 11) is 0. The lowest BCUT2D eigenvalue weighted by molar-refractivity contribution is 0.0963. The third-order valence-electron chi connectivity index (χ3n) is 3.67. The Morgan fingerprint density at radius 1 is 1.40 bits per heavy atom. The van der Waals surface area contributed by atoms with Crippen molar-refractivity contribution in [2.75, 3.05) is 6.61 Å². The van der Waals surface area contributed by atoms with E-state index in [9.17, 15) is 4.79 Å². The lowest BCUT2D eigenvalue weighted by Crippen LogP contribution is -2.26. The number of fused-ring (bicyclic) bond motifs is 3. The number of ether oxygens (including phenoxy) is 1. The Labute approximate surface area is 113 Å². The third-order valence-corrected chi connectivity index (χ3v) is 3.67. The van der Waals surface area contributed by atoms with Gasteiger partial charge in [-0.05, 0) is 18.9 Å². The molecule has 1 aliphatic heterocycles. The molecule has 3 aromatic heterocycles. The molecule has 1 fully saturated rings. The minimum atomic E-state index is -0.0668. The van der Waals surface area contributed by atoms with E-state index < -0.39 is 0 Å². The topological polar surface area (TPSA) is 74.3 Å². The molecule has 20 heavy (non-hydrogen) atoms. The summed E-state index contributed by atoms with van der Waals surface area (Å²) < 4.78 is 8.84. The first kappa shape index (κ1) is 11.5. The lowest BCUT2D eigenvalue weighted by atomic mass is 10.2. The molecule has 0 unspecified atom stereocenters. The zero-order chi connectivity index (χ0) is 13.5. The van der Waals surface area contributed by atoms with Gasteiger partial charge in [-0.3, -0.25) is 4.79 Å². The van der Waals surface area contributed by atoms with Crippen LogP contribution in [0.2, 0.25) is 0 Å². The Kier molecular flexibility index (Phi) is 2.53. The van der Waals surface area contributed by atoms with Gasteiger partial charge in [-0.25, -0.2) is 4.98 Å². The maximum Gasteiger partial charge on any atom is 0.261 e. The summed E-state index contributed by atoms with van der Waals surface area (Å²) in [6, 6.07) is 1.87. The number of aromatic nitrogens is 5. The van der Waals surface area contributed by atoms with Crippen LogP contribution >= 0.6 is 0 Å². The summed E-state index contributed by atoms with van der Waals surface area (Å²) in [6.45, 7) is 1.37. The van der Waals surface area contributed by atoms with E-state index >= 15 is 0 Å². The van der Waals surface area contributed by atoms with E-state index in [0.29, 0.717) is 17.7 Å². The van der Waals surface area contributed by atoms with Crippen LogP contribution in [-0.4, -0.2) is 36.9 Å². The Balaban J connectivity index is 1.85. The molecule has 1 atom stereocenters. The van der Waals surface area contributed by atoms with Crippen LogP contribution in [0.1, 0.15) is 12.8 Å². The predicted octanol–water partition coefficient (Wildman–Crippen LogP) is 0.618. The monoisotopic (exact) mass is 271 g/mol. The van der Waals surface area contributed by atoms with Crippen LogP contribution in [-0.2, 0) is 11.3 Å². The molecular weight excluding hydrogens is 258 g/mol. The minimum absolute atomic E-state index is 0.0668. The maximum atomic E-state index is 12.5. The molecule has 0 spiro atoms. The molecule has 0 aromatic carbocycles. The number of rotatable bonds is 2. The highest BCUT2D eigenvalue weighted by atomic mass is 16.5.